The van der Waals surface area contributed by atoms with Crippen LogP contribution in [-0.2, 0) is 9.53 Å². The van der Waals surface area contributed by atoms with Gasteiger partial charge < -0.3 is 4.74 Å². The first-order chi connectivity index (χ1) is 6.70. The van der Waals surface area contributed by atoms with Gasteiger partial charge in [0, 0.05) is 0 Å². The summed E-state index contributed by atoms with van der Waals surface area (Å²) >= 11 is 0. The summed E-state index contributed by atoms with van der Waals surface area (Å²) < 4.78 is 4.86. The van der Waals surface area contributed by atoms with Gasteiger partial charge in [0.25, 0.3) is 0 Å². The van der Waals surface area contributed by atoms with Crippen LogP contribution in [0.5, 0.6) is 0 Å². The largest absolute Gasteiger partial charge is 0.469 e. The van der Waals surface area contributed by atoms with Crippen LogP contribution in [0.25, 0.3) is 0 Å². The Bertz CT molecular complexity index is 320. The fraction of sp³-hybridized carbons (Fsp3) is 0.750. The number of esters is 1. The number of hydrogen-bond acceptors (Lipinski definition) is 2. The van der Waals surface area contributed by atoms with Gasteiger partial charge in [0.05, 0.1) is 13.0 Å². The highest BCUT2D eigenvalue weighted by Crippen LogP contribution is 2.75. The Morgan fingerprint density at radius 1 is 1.50 bits per heavy atom. The zero-order valence-corrected chi connectivity index (χ0v) is 8.58. The summed E-state index contributed by atoms with van der Waals surface area (Å²) in [6.45, 7) is 4.14. The lowest BCUT2D eigenvalue weighted by atomic mass is 9.40. The summed E-state index contributed by atoms with van der Waals surface area (Å²) in [5, 5.41) is 0. The van der Waals surface area contributed by atoms with Crippen LogP contribution in [0.3, 0.4) is 0 Å². The topological polar surface area (TPSA) is 26.3 Å². The first kappa shape index (κ1) is 8.51. The van der Waals surface area contributed by atoms with E-state index in [4.69, 9.17) is 4.74 Å². The summed E-state index contributed by atoms with van der Waals surface area (Å²) in [7, 11) is 1.49. The molecule has 4 atom stereocenters. The van der Waals surface area contributed by atoms with Crippen LogP contribution in [0.4, 0.5) is 0 Å². The molecule has 0 aromatic rings. The number of allylic oxidation sites excluding steroid dienone is 1. The van der Waals surface area contributed by atoms with Gasteiger partial charge in [0.1, 0.15) is 0 Å². The van der Waals surface area contributed by atoms with Gasteiger partial charge in [-0.2, -0.15) is 0 Å². The minimum absolute atomic E-state index is 0.0154. The highest BCUT2D eigenvalue weighted by atomic mass is 16.5. The lowest BCUT2D eigenvalue weighted by Crippen LogP contribution is -2.57. The molecule has 0 saturated heterocycles. The van der Waals surface area contributed by atoms with Crippen molar-refractivity contribution in [2.45, 2.75) is 25.7 Å². The van der Waals surface area contributed by atoms with E-state index in [0.29, 0.717) is 11.3 Å². The van der Waals surface area contributed by atoms with Crippen LogP contribution >= 0.6 is 0 Å². The molecule has 0 N–H and O–H groups in total. The molecule has 2 heteroatoms. The molecule has 3 aliphatic carbocycles. The van der Waals surface area contributed by atoms with E-state index >= 15 is 0 Å². The van der Waals surface area contributed by atoms with Crippen LogP contribution in [-0.4, -0.2) is 13.1 Å². The number of carbonyl (C=O) groups is 1. The van der Waals surface area contributed by atoms with Crippen LogP contribution in [0.1, 0.15) is 25.7 Å². The van der Waals surface area contributed by atoms with Crippen molar-refractivity contribution in [2.75, 3.05) is 7.11 Å². The minimum atomic E-state index is -0.0154. The Balaban J connectivity index is 1.87. The Labute approximate surface area is 84.3 Å². The molecule has 2 nitrogen and oxygen atoms in total. The Morgan fingerprint density at radius 2 is 2.21 bits per heavy atom. The van der Waals surface area contributed by atoms with Gasteiger partial charge in [-0.1, -0.05) is 12.2 Å². The fourth-order valence-corrected chi connectivity index (χ4v) is 4.19. The van der Waals surface area contributed by atoms with Gasteiger partial charge in [0.2, 0.25) is 0 Å². The van der Waals surface area contributed by atoms with Crippen LogP contribution in [0.15, 0.2) is 12.2 Å². The molecular weight excluding hydrogens is 176 g/mol. The molecular formula is C12H16O2. The predicted octanol–water partition coefficient (Wildman–Crippen LogP) is 2.15. The maximum absolute atomic E-state index is 11.6. The molecule has 3 saturated carbocycles. The average molecular weight is 192 g/mol. The van der Waals surface area contributed by atoms with Crippen molar-refractivity contribution < 1.29 is 9.53 Å². The highest BCUT2D eigenvalue weighted by Gasteiger charge is 2.68. The molecule has 1 spiro atoms. The second-order valence-electron chi connectivity index (χ2n) is 5.05. The van der Waals surface area contributed by atoms with Crippen molar-refractivity contribution in [3.63, 3.8) is 0 Å². The lowest BCUT2D eigenvalue weighted by Gasteiger charge is -2.63. The molecule has 3 rings (SSSR count). The molecule has 3 aliphatic rings. The van der Waals surface area contributed by atoms with E-state index in [-0.39, 0.29) is 11.9 Å². The van der Waals surface area contributed by atoms with E-state index in [9.17, 15) is 4.79 Å². The number of carbonyl (C=O) groups excluding carboxylic acids is 1. The first-order valence-electron chi connectivity index (χ1n) is 5.47. The zero-order valence-electron chi connectivity index (χ0n) is 8.58. The van der Waals surface area contributed by atoms with Gasteiger partial charge in [0.15, 0.2) is 0 Å². The van der Waals surface area contributed by atoms with Gasteiger partial charge >= 0.3 is 5.97 Å². The van der Waals surface area contributed by atoms with E-state index in [0.717, 1.165) is 12.3 Å². The van der Waals surface area contributed by atoms with Crippen molar-refractivity contribution in [3.05, 3.63) is 12.2 Å². The van der Waals surface area contributed by atoms with E-state index in [1.54, 1.807) is 0 Å². The summed E-state index contributed by atoms with van der Waals surface area (Å²) in [5.41, 5.74) is 1.83. The van der Waals surface area contributed by atoms with Crippen molar-refractivity contribution in [2.24, 2.45) is 23.2 Å². The second kappa shape index (κ2) is 2.41. The minimum Gasteiger partial charge on any atom is -0.469 e. The fourth-order valence-electron chi connectivity index (χ4n) is 4.19. The van der Waals surface area contributed by atoms with Crippen LogP contribution in [0, 0.1) is 23.2 Å². The molecule has 0 bridgehead atoms. The van der Waals surface area contributed by atoms with Crippen LogP contribution < -0.4 is 0 Å². The second-order valence-corrected chi connectivity index (χ2v) is 5.05. The predicted molar refractivity (Wildman–Crippen MR) is 52.5 cm³/mol. The summed E-state index contributed by atoms with van der Waals surface area (Å²) in [4.78, 5) is 11.6. The van der Waals surface area contributed by atoms with Crippen molar-refractivity contribution in [3.8, 4) is 0 Å². The molecule has 0 heterocycles. The standard InChI is InChI=1S/C12H16O2/c1-7-9-4-6-12(9)5-3-8(10(7)12)11(13)14-2/h8-10H,1,3-6H2,2H3. The highest BCUT2D eigenvalue weighted by molar-refractivity contribution is 5.75. The maximum Gasteiger partial charge on any atom is 0.309 e. The number of methoxy groups -OCH3 is 1. The van der Waals surface area contributed by atoms with E-state index in [1.807, 2.05) is 0 Å². The van der Waals surface area contributed by atoms with Crippen molar-refractivity contribution >= 4 is 5.97 Å². The molecule has 0 aromatic carbocycles. The first-order valence-corrected chi connectivity index (χ1v) is 5.47. The summed E-state index contributed by atoms with van der Waals surface area (Å²) in [6.07, 6.45) is 4.87. The van der Waals surface area contributed by atoms with E-state index < -0.39 is 0 Å². The quantitative estimate of drug-likeness (QED) is 0.470. The average Bonchev–Trinajstić information content (AvgIpc) is 2.54. The summed E-state index contributed by atoms with van der Waals surface area (Å²) in [6, 6.07) is 0. The zero-order chi connectivity index (χ0) is 9.92. The van der Waals surface area contributed by atoms with Gasteiger partial charge in [-0.15, -0.1) is 0 Å². The number of hydrogen-bond donors (Lipinski definition) is 0. The van der Waals surface area contributed by atoms with Gasteiger partial charge in [-0.05, 0) is 42.9 Å². The maximum atomic E-state index is 11.6. The van der Waals surface area contributed by atoms with Crippen molar-refractivity contribution in [1.82, 2.24) is 0 Å². The Hall–Kier alpha value is -0.790. The molecule has 14 heavy (non-hydrogen) atoms. The lowest BCUT2D eigenvalue weighted by molar-refractivity contribution is -0.151. The Kier molecular flexibility index (Phi) is 1.47. The van der Waals surface area contributed by atoms with E-state index in [2.05, 4.69) is 6.58 Å². The van der Waals surface area contributed by atoms with E-state index in [1.165, 1.54) is 31.9 Å². The molecule has 76 valence electrons. The molecule has 0 aromatic heterocycles. The third kappa shape index (κ3) is 0.688. The third-order valence-corrected chi connectivity index (χ3v) is 4.89. The number of ether oxygens (including phenoxy) is 1. The smallest absolute Gasteiger partial charge is 0.309 e. The molecule has 0 aliphatic heterocycles. The molecule has 4 unspecified atom stereocenters. The normalized spacial score (nSPS) is 48.6. The monoisotopic (exact) mass is 192 g/mol. The van der Waals surface area contributed by atoms with Gasteiger partial charge in [-0.25, -0.2) is 0 Å². The number of rotatable bonds is 1. The molecule has 0 radical (unpaired) electrons. The summed E-state index contributed by atoms with van der Waals surface area (Å²) in [5.74, 6) is 1.33. The third-order valence-electron chi connectivity index (χ3n) is 4.89. The van der Waals surface area contributed by atoms with Crippen molar-refractivity contribution in [1.29, 1.82) is 0 Å². The Morgan fingerprint density at radius 3 is 2.79 bits per heavy atom. The van der Waals surface area contributed by atoms with Crippen LogP contribution in [0.2, 0.25) is 0 Å². The SMILES string of the molecule is C=C1C2CCC23CCC(C(=O)OC)C13. The van der Waals surface area contributed by atoms with Gasteiger partial charge in [-0.3, -0.25) is 4.79 Å². The molecule has 0 amide bonds. The molecule has 3 fully saturated rings.